The molecule has 2 aromatic heterocycles. The summed E-state index contributed by atoms with van der Waals surface area (Å²) in [5.74, 6) is 0.983. The van der Waals surface area contributed by atoms with E-state index >= 15 is 0 Å². The van der Waals surface area contributed by atoms with Crippen molar-refractivity contribution in [2.24, 2.45) is 0 Å². The maximum atomic E-state index is 12.8. The SMILES string of the molecule is CCCCc1cccc2ccc(NNC(=O)c3csc(-c4ccccc4OCc4ccccc4)n3)nc12. The molecule has 0 saturated heterocycles. The van der Waals surface area contributed by atoms with E-state index in [9.17, 15) is 4.79 Å². The van der Waals surface area contributed by atoms with Crippen molar-refractivity contribution in [2.75, 3.05) is 5.43 Å². The number of amides is 1. The zero-order valence-corrected chi connectivity index (χ0v) is 21.4. The Labute approximate surface area is 220 Å². The fraction of sp³-hybridized carbons (Fsp3) is 0.167. The summed E-state index contributed by atoms with van der Waals surface area (Å²) in [5, 5.41) is 3.55. The van der Waals surface area contributed by atoms with Gasteiger partial charge in [-0.3, -0.25) is 15.6 Å². The number of para-hydroxylation sites is 2. The van der Waals surface area contributed by atoms with E-state index in [0.29, 0.717) is 18.1 Å². The lowest BCUT2D eigenvalue weighted by Gasteiger charge is -2.10. The van der Waals surface area contributed by atoms with E-state index in [0.717, 1.165) is 52.0 Å². The van der Waals surface area contributed by atoms with E-state index < -0.39 is 0 Å². The number of ether oxygens (including phenoxy) is 1. The molecule has 2 heterocycles. The third-order valence-electron chi connectivity index (χ3n) is 6.00. The highest BCUT2D eigenvalue weighted by molar-refractivity contribution is 7.13. The van der Waals surface area contributed by atoms with Crippen molar-refractivity contribution in [1.82, 2.24) is 15.4 Å². The predicted octanol–water partition coefficient (Wildman–Crippen LogP) is 7.04. The number of pyridine rings is 1. The number of unbranched alkanes of at least 4 members (excludes halogenated alkanes) is 1. The molecule has 6 nitrogen and oxygen atoms in total. The quantitative estimate of drug-likeness (QED) is 0.198. The molecule has 5 rings (SSSR count). The zero-order valence-electron chi connectivity index (χ0n) is 20.6. The van der Waals surface area contributed by atoms with Crippen LogP contribution in [0.5, 0.6) is 5.75 Å². The Bertz CT molecular complexity index is 1500. The molecule has 186 valence electrons. The monoisotopic (exact) mass is 508 g/mol. The average molecular weight is 509 g/mol. The molecule has 0 saturated carbocycles. The molecule has 0 atom stereocenters. The number of nitrogens with zero attached hydrogens (tertiary/aromatic N) is 2. The van der Waals surface area contributed by atoms with Crippen molar-refractivity contribution < 1.29 is 9.53 Å². The van der Waals surface area contributed by atoms with E-state index in [1.807, 2.05) is 66.7 Å². The van der Waals surface area contributed by atoms with Gasteiger partial charge in [-0.25, -0.2) is 9.97 Å². The molecule has 0 aliphatic rings. The van der Waals surface area contributed by atoms with E-state index in [-0.39, 0.29) is 5.91 Å². The van der Waals surface area contributed by atoms with Crippen LogP contribution in [0.4, 0.5) is 5.82 Å². The van der Waals surface area contributed by atoms with Gasteiger partial charge in [0.1, 0.15) is 28.9 Å². The van der Waals surface area contributed by atoms with Crippen molar-refractivity contribution in [2.45, 2.75) is 32.8 Å². The fourth-order valence-electron chi connectivity index (χ4n) is 4.04. The number of hydrogen-bond acceptors (Lipinski definition) is 6. The molecule has 5 aromatic rings. The summed E-state index contributed by atoms with van der Waals surface area (Å²) in [6, 6.07) is 27.9. The molecule has 37 heavy (non-hydrogen) atoms. The maximum absolute atomic E-state index is 12.8. The lowest BCUT2D eigenvalue weighted by molar-refractivity contribution is 0.0958. The normalized spacial score (nSPS) is 10.8. The minimum atomic E-state index is -0.327. The van der Waals surface area contributed by atoms with Crippen LogP contribution in [0.15, 0.2) is 90.3 Å². The van der Waals surface area contributed by atoms with Crippen LogP contribution in [0.2, 0.25) is 0 Å². The molecule has 0 spiro atoms. The van der Waals surface area contributed by atoms with Crippen molar-refractivity contribution >= 4 is 34.0 Å². The van der Waals surface area contributed by atoms with Gasteiger partial charge in [0.05, 0.1) is 11.1 Å². The molecular weight excluding hydrogens is 480 g/mol. The van der Waals surface area contributed by atoms with Gasteiger partial charge in [0.15, 0.2) is 0 Å². The van der Waals surface area contributed by atoms with Gasteiger partial charge in [-0.05, 0) is 48.2 Å². The Kier molecular flexibility index (Phi) is 7.72. The fourth-order valence-corrected chi connectivity index (χ4v) is 4.87. The lowest BCUT2D eigenvalue weighted by Crippen LogP contribution is -2.30. The molecule has 0 unspecified atom stereocenters. The molecule has 0 radical (unpaired) electrons. The summed E-state index contributed by atoms with van der Waals surface area (Å²) < 4.78 is 6.07. The first-order chi connectivity index (χ1) is 18.2. The van der Waals surface area contributed by atoms with Crippen LogP contribution in [0.1, 0.15) is 41.4 Å². The number of aryl methyl sites for hydroxylation is 1. The van der Waals surface area contributed by atoms with Crippen LogP contribution in [0.25, 0.3) is 21.5 Å². The second-order valence-electron chi connectivity index (χ2n) is 8.68. The third kappa shape index (κ3) is 5.95. The van der Waals surface area contributed by atoms with Gasteiger partial charge in [0.25, 0.3) is 5.91 Å². The number of rotatable bonds is 10. The van der Waals surface area contributed by atoms with Gasteiger partial charge in [0, 0.05) is 10.8 Å². The van der Waals surface area contributed by atoms with Gasteiger partial charge in [-0.15, -0.1) is 11.3 Å². The topological polar surface area (TPSA) is 76.1 Å². The molecule has 0 bridgehead atoms. The number of anilines is 1. The molecule has 0 fully saturated rings. The van der Waals surface area contributed by atoms with Crippen LogP contribution in [-0.2, 0) is 13.0 Å². The van der Waals surface area contributed by atoms with Crippen LogP contribution >= 0.6 is 11.3 Å². The Balaban J connectivity index is 1.26. The van der Waals surface area contributed by atoms with Crippen molar-refractivity contribution in [1.29, 1.82) is 0 Å². The Morgan fingerprint density at radius 1 is 0.919 bits per heavy atom. The number of benzene rings is 3. The number of hydrogen-bond donors (Lipinski definition) is 2. The Hall–Kier alpha value is -4.23. The maximum Gasteiger partial charge on any atom is 0.289 e. The van der Waals surface area contributed by atoms with Gasteiger partial charge in [0.2, 0.25) is 0 Å². The van der Waals surface area contributed by atoms with Crippen molar-refractivity contribution in [3.05, 3.63) is 107 Å². The summed E-state index contributed by atoms with van der Waals surface area (Å²) in [4.78, 5) is 22.2. The summed E-state index contributed by atoms with van der Waals surface area (Å²) in [6.45, 7) is 2.64. The van der Waals surface area contributed by atoms with Gasteiger partial charge >= 0.3 is 0 Å². The number of fused-ring (bicyclic) bond motifs is 1. The van der Waals surface area contributed by atoms with E-state index in [2.05, 4.69) is 41.0 Å². The zero-order chi connectivity index (χ0) is 25.5. The summed E-state index contributed by atoms with van der Waals surface area (Å²) in [6.07, 6.45) is 3.22. The van der Waals surface area contributed by atoms with Gasteiger partial charge in [-0.2, -0.15) is 0 Å². The number of thiazole rings is 1. The van der Waals surface area contributed by atoms with Crippen molar-refractivity contribution in [3.8, 4) is 16.3 Å². The number of nitrogens with one attached hydrogen (secondary N) is 2. The summed E-state index contributed by atoms with van der Waals surface area (Å²) in [5.41, 5.74) is 10.1. The van der Waals surface area contributed by atoms with Gasteiger partial charge in [-0.1, -0.05) is 74.0 Å². The minimum absolute atomic E-state index is 0.327. The highest BCUT2D eigenvalue weighted by atomic mass is 32.1. The Morgan fingerprint density at radius 3 is 2.62 bits per heavy atom. The van der Waals surface area contributed by atoms with Gasteiger partial charge < -0.3 is 4.74 Å². The van der Waals surface area contributed by atoms with E-state index in [4.69, 9.17) is 9.72 Å². The van der Waals surface area contributed by atoms with E-state index in [1.54, 1.807) is 5.38 Å². The standard InChI is InChI=1S/C30H28N4O2S/c1-2-3-12-22-13-9-14-23-17-18-27(32-28(22)23)33-34-29(35)25-20-37-30(31-25)24-15-7-8-16-26(24)36-19-21-10-5-4-6-11-21/h4-11,13-18,20H,2-3,12,19H2,1H3,(H,32,33)(H,34,35). The molecule has 0 aliphatic carbocycles. The van der Waals surface area contributed by atoms with Crippen LogP contribution in [0.3, 0.4) is 0 Å². The number of carbonyl (C=O) groups excluding carboxylic acids is 1. The minimum Gasteiger partial charge on any atom is -0.488 e. The highest BCUT2D eigenvalue weighted by Crippen LogP contribution is 2.32. The molecule has 1 amide bonds. The first-order valence-electron chi connectivity index (χ1n) is 12.4. The van der Waals surface area contributed by atoms with E-state index in [1.165, 1.54) is 16.9 Å². The number of hydrazine groups is 1. The lowest BCUT2D eigenvalue weighted by atomic mass is 10.0. The summed E-state index contributed by atoms with van der Waals surface area (Å²) >= 11 is 1.40. The Morgan fingerprint density at radius 2 is 1.76 bits per heavy atom. The molecule has 7 heteroatoms. The predicted molar refractivity (Wildman–Crippen MR) is 150 cm³/mol. The second-order valence-corrected chi connectivity index (χ2v) is 9.53. The van der Waals surface area contributed by atoms with Crippen LogP contribution in [-0.4, -0.2) is 15.9 Å². The first kappa shape index (κ1) is 24.5. The van der Waals surface area contributed by atoms with Crippen molar-refractivity contribution in [3.63, 3.8) is 0 Å². The van der Waals surface area contributed by atoms with Crippen LogP contribution < -0.4 is 15.6 Å². The molecule has 3 aromatic carbocycles. The first-order valence-corrected chi connectivity index (χ1v) is 13.3. The highest BCUT2D eigenvalue weighted by Gasteiger charge is 2.15. The van der Waals surface area contributed by atoms with Crippen LogP contribution in [0, 0.1) is 0 Å². The number of aromatic nitrogens is 2. The average Bonchev–Trinajstić information content (AvgIpc) is 3.45. The third-order valence-corrected chi connectivity index (χ3v) is 6.87. The largest absolute Gasteiger partial charge is 0.488 e. The molecule has 0 aliphatic heterocycles. The molecular formula is C30H28N4O2S. The second kappa shape index (κ2) is 11.7. The smallest absolute Gasteiger partial charge is 0.289 e. The molecule has 2 N–H and O–H groups in total. The number of carbonyl (C=O) groups is 1. The summed E-state index contributed by atoms with van der Waals surface area (Å²) in [7, 11) is 0.